The van der Waals surface area contributed by atoms with Crippen LogP contribution in [0.25, 0.3) is 0 Å². The van der Waals surface area contributed by atoms with Crippen molar-refractivity contribution in [2.45, 2.75) is 65.1 Å². The zero-order valence-electron chi connectivity index (χ0n) is 16.1. The van der Waals surface area contributed by atoms with E-state index in [1.54, 1.807) is 10.8 Å². The second-order valence-corrected chi connectivity index (χ2v) is 11.7. The van der Waals surface area contributed by atoms with Crippen LogP contribution in [0.15, 0.2) is 47.1 Å². The van der Waals surface area contributed by atoms with Crippen LogP contribution >= 0.6 is 0 Å². The first kappa shape index (κ1) is 30.2. The topological polar surface area (TPSA) is 0 Å². The Morgan fingerprint density at radius 1 is 1.00 bits per heavy atom. The number of hydrogen-bond acceptors (Lipinski definition) is 0. The fourth-order valence-electron chi connectivity index (χ4n) is 3.79. The minimum atomic E-state index is -1.67. The van der Waals surface area contributed by atoms with Gasteiger partial charge in [-0.15, -0.1) is 6.92 Å². The summed E-state index contributed by atoms with van der Waals surface area (Å²) in [5.74, 6) is 0. The van der Waals surface area contributed by atoms with E-state index in [9.17, 15) is 0 Å². The summed E-state index contributed by atoms with van der Waals surface area (Å²) in [6.45, 7) is 14.1. The molecule has 1 aliphatic rings. The smallest absolute Gasteiger partial charge is 1.00 e. The average Bonchev–Trinajstić information content (AvgIpc) is 2.70. The van der Waals surface area contributed by atoms with Gasteiger partial charge in [-0.3, -0.25) is 6.08 Å². The van der Waals surface area contributed by atoms with Crippen LogP contribution in [-0.4, -0.2) is 8.07 Å². The van der Waals surface area contributed by atoms with Gasteiger partial charge in [0.15, 0.2) is 0 Å². The van der Waals surface area contributed by atoms with Crippen LogP contribution < -0.4 is 42.4 Å². The molecule has 0 saturated heterocycles. The molecule has 2 atom stereocenters. The summed E-state index contributed by atoms with van der Waals surface area (Å²) in [5, 5.41) is 1.72. The van der Waals surface area contributed by atoms with E-state index in [0.29, 0.717) is 0 Å². The molecule has 0 saturated carbocycles. The molecule has 1 aromatic carbocycles. The van der Waals surface area contributed by atoms with Crippen molar-refractivity contribution in [3.05, 3.63) is 53.1 Å². The van der Waals surface area contributed by atoms with Gasteiger partial charge in [-0.05, 0) is 0 Å². The summed E-state index contributed by atoms with van der Waals surface area (Å²) < 4.78 is 0. The third kappa shape index (κ3) is 5.50. The van der Waals surface area contributed by atoms with Crippen LogP contribution in [0, 0.1) is 6.08 Å². The summed E-state index contributed by atoms with van der Waals surface area (Å²) in [5.41, 5.74) is 4.37. The predicted molar refractivity (Wildman–Crippen MR) is 96.6 cm³/mol. The van der Waals surface area contributed by atoms with Gasteiger partial charge >= 0.3 is 21.7 Å². The van der Waals surface area contributed by atoms with Crippen LogP contribution in [0.3, 0.4) is 0 Å². The van der Waals surface area contributed by atoms with Crippen molar-refractivity contribution in [2.24, 2.45) is 0 Å². The first-order valence-corrected chi connectivity index (χ1v) is 10.9. The van der Waals surface area contributed by atoms with E-state index >= 15 is 0 Å². The molecule has 25 heavy (non-hydrogen) atoms. The number of allylic oxidation sites excluding steroid dienone is 4. The van der Waals surface area contributed by atoms with Crippen LogP contribution in [-0.2, 0) is 21.7 Å². The first-order chi connectivity index (χ1) is 9.87. The SMILES string of the molecule is CCCC[Si](C)(c1ccccc1)C1(C)[C-]=C(C)C(C)=C1C.[Cl-].[Cl-].[Cl-].[Ti+4]. The Balaban J connectivity index is -0.00000121. The van der Waals surface area contributed by atoms with Gasteiger partial charge in [-0.25, -0.2) is 5.57 Å². The molecule has 5 heteroatoms. The molecule has 0 N–H and O–H groups in total. The van der Waals surface area contributed by atoms with Crippen LogP contribution in [0.4, 0.5) is 0 Å². The second-order valence-electron chi connectivity index (χ2n) is 6.93. The molecule has 2 unspecified atom stereocenters. The van der Waals surface area contributed by atoms with E-state index in [2.05, 4.69) is 77.6 Å². The molecule has 1 aromatic rings. The number of hydrogen-bond donors (Lipinski definition) is 0. The van der Waals surface area contributed by atoms with Crippen LogP contribution in [0.1, 0.15) is 47.5 Å². The first-order valence-electron chi connectivity index (χ1n) is 8.22. The average molecular weight is 452 g/mol. The van der Waals surface area contributed by atoms with Gasteiger partial charge in [-0.1, -0.05) is 93.7 Å². The molecule has 1 aliphatic carbocycles. The van der Waals surface area contributed by atoms with Crippen LogP contribution in [0.2, 0.25) is 17.6 Å². The zero-order chi connectivity index (χ0) is 15.7. The molecule has 0 nitrogen and oxygen atoms in total. The van der Waals surface area contributed by atoms with Gasteiger partial charge in [0.05, 0.1) is 8.07 Å². The van der Waals surface area contributed by atoms with Crippen molar-refractivity contribution in [3.63, 3.8) is 0 Å². The quantitative estimate of drug-likeness (QED) is 0.324. The normalized spacial score (nSPS) is 21.0. The van der Waals surface area contributed by atoms with Crippen LogP contribution in [0.5, 0.6) is 0 Å². The summed E-state index contributed by atoms with van der Waals surface area (Å²) >= 11 is 0. The zero-order valence-corrected chi connectivity index (χ0v) is 21.0. The van der Waals surface area contributed by atoms with E-state index in [0.717, 1.165) is 0 Å². The minimum Gasteiger partial charge on any atom is -1.00 e. The van der Waals surface area contributed by atoms with E-state index in [1.807, 2.05) is 0 Å². The summed E-state index contributed by atoms with van der Waals surface area (Å²) in [4.78, 5) is 0. The van der Waals surface area contributed by atoms with Gasteiger partial charge in [0, 0.05) is 0 Å². The molecular weight excluding hydrogens is 423 g/mol. The molecule has 0 aliphatic heterocycles. The summed E-state index contributed by atoms with van der Waals surface area (Å²) in [6.07, 6.45) is 6.48. The predicted octanol–water partition coefficient (Wildman–Crippen LogP) is -3.36. The maximum Gasteiger partial charge on any atom is 4.00 e. The molecule has 0 heterocycles. The van der Waals surface area contributed by atoms with E-state index < -0.39 is 8.07 Å². The van der Waals surface area contributed by atoms with E-state index in [1.165, 1.54) is 30.0 Å². The van der Waals surface area contributed by atoms with Gasteiger partial charge in [0.25, 0.3) is 0 Å². The largest absolute Gasteiger partial charge is 4.00 e. The third-order valence-corrected chi connectivity index (χ3v) is 11.5. The number of halogens is 3. The van der Waals surface area contributed by atoms with Crippen molar-refractivity contribution in [2.75, 3.05) is 0 Å². The molecular formula is C20H29Cl3SiTi. The Hall–Kier alpha value is 0.501. The summed E-state index contributed by atoms with van der Waals surface area (Å²) in [7, 11) is -1.67. The minimum absolute atomic E-state index is 0. The maximum absolute atomic E-state index is 3.88. The Labute approximate surface area is 189 Å². The number of unbranched alkanes of at least 4 members (excludes halogenated alkanes) is 1. The van der Waals surface area contributed by atoms with Gasteiger partial charge < -0.3 is 37.2 Å². The Morgan fingerprint density at radius 2 is 1.52 bits per heavy atom. The Kier molecular flexibility index (Phi) is 14.6. The molecule has 2 rings (SSSR count). The van der Waals surface area contributed by atoms with E-state index in [4.69, 9.17) is 0 Å². The van der Waals surface area contributed by atoms with Crippen molar-refractivity contribution < 1.29 is 58.9 Å². The van der Waals surface area contributed by atoms with Gasteiger partial charge in [-0.2, -0.15) is 11.1 Å². The number of benzene rings is 1. The Bertz CT molecular complexity index is 586. The fourth-order valence-corrected chi connectivity index (χ4v) is 8.62. The Morgan fingerprint density at radius 3 is 1.92 bits per heavy atom. The second kappa shape index (κ2) is 12.1. The summed E-state index contributed by atoms with van der Waals surface area (Å²) in [6, 6.07) is 12.6. The third-order valence-electron chi connectivity index (χ3n) is 5.86. The molecule has 0 amide bonds. The van der Waals surface area contributed by atoms with Gasteiger partial charge in [0.1, 0.15) is 0 Å². The molecule has 0 aromatic heterocycles. The van der Waals surface area contributed by atoms with Crippen molar-refractivity contribution in [1.82, 2.24) is 0 Å². The molecule has 0 radical (unpaired) electrons. The molecule has 0 spiro atoms. The molecule has 0 bridgehead atoms. The van der Waals surface area contributed by atoms with Crippen molar-refractivity contribution in [1.29, 1.82) is 0 Å². The monoisotopic (exact) mass is 450 g/mol. The van der Waals surface area contributed by atoms with Crippen molar-refractivity contribution >= 4 is 13.3 Å². The number of rotatable bonds is 5. The fraction of sp³-hybridized carbons (Fsp3) is 0.500. The van der Waals surface area contributed by atoms with Gasteiger partial charge in [0.2, 0.25) is 0 Å². The van der Waals surface area contributed by atoms with E-state index in [-0.39, 0.29) is 64.0 Å². The maximum atomic E-state index is 3.88. The molecule has 0 fully saturated rings. The molecule has 138 valence electrons. The van der Waals surface area contributed by atoms with Crippen molar-refractivity contribution in [3.8, 4) is 0 Å². The standard InChI is InChI=1S/C20H29Si.3ClH.Ti/c1-7-8-14-21(6,19-12-10-9-11-13-19)20(5)15-16(2)17(3)18(20)4;;;;/h9-13H,7-8,14H2,1-6H3;3*1H;/q-1;;;;+4/p-3.